The number of amides is 2. The Kier molecular flexibility index (Phi) is 8.37. The van der Waals surface area contributed by atoms with Gasteiger partial charge in [-0.1, -0.05) is 24.3 Å². The number of tetrazole rings is 1. The first-order chi connectivity index (χ1) is 20.3. The van der Waals surface area contributed by atoms with E-state index in [-0.39, 0.29) is 24.7 Å². The van der Waals surface area contributed by atoms with Gasteiger partial charge in [0, 0.05) is 30.2 Å². The lowest BCUT2D eigenvalue weighted by Crippen LogP contribution is -2.45. The lowest BCUT2D eigenvalue weighted by Gasteiger charge is -2.32. The Bertz CT molecular complexity index is 1690. The van der Waals surface area contributed by atoms with Crippen LogP contribution < -0.4 is 10.2 Å². The third kappa shape index (κ3) is 6.52. The number of aryl methyl sites for hydroxylation is 2. The Morgan fingerprint density at radius 2 is 1.57 bits per heavy atom. The molecule has 0 spiro atoms. The number of anilines is 1. The maximum atomic E-state index is 14.1. The van der Waals surface area contributed by atoms with Gasteiger partial charge in [0.2, 0.25) is 11.7 Å². The van der Waals surface area contributed by atoms with Crippen molar-refractivity contribution in [3.63, 3.8) is 0 Å². The van der Waals surface area contributed by atoms with Crippen LogP contribution in [-0.2, 0) is 22.7 Å². The monoisotopic (exact) mass is 567 g/mol. The van der Waals surface area contributed by atoms with Crippen LogP contribution in [0.2, 0.25) is 0 Å². The number of hydrogen-bond donors (Lipinski definition) is 1. The van der Waals surface area contributed by atoms with Gasteiger partial charge in [0.25, 0.3) is 5.91 Å². The second kappa shape index (κ2) is 12.5. The summed E-state index contributed by atoms with van der Waals surface area (Å²) in [6, 6.07) is 19.3. The molecular formula is C31H27F2N7O2. The number of pyridine rings is 1. The average Bonchev–Trinajstić information content (AvgIpc) is 3.46. The second-order valence-electron chi connectivity index (χ2n) is 9.73. The van der Waals surface area contributed by atoms with Crippen molar-refractivity contribution in [3.05, 3.63) is 125 Å². The zero-order chi connectivity index (χ0) is 29.6. The van der Waals surface area contributed by atoms with Crippen LogP contribution in [0, 0.1) is 25.5 Å². The largest absolute Gasteiger partial charge is 0.350 e. The van der Waals surface area contributed by atoms with E-state index in [9.17, 15) is 18.4 Å². The zero-order valence-corrected chi connectivity index (χ0v) is 22.9. The molecule has 5 rings (SSSR count). The standard InChI is InChI=1S/C31H27F2N7O2/c1-20-3-4-21(2)27(17-20)40(28(41)19-39-37-30(36-38-39)24-7-11-26(33)12-8-24)29(23-13-15-34-16-14-23)31(42)35-18-22-5-9-25(32)10-6-22/h3-17,29H,18-19H2,1-2H3,(H,35,42)/t29-/m1/s1. The van der Waals surface area contributed by atoms with E-state index in [0.717, 1.165) is 15.9 Å². The van der Waals surface area contributed by atoms with Crippen LogP contribution in [0.4, 0.5) is 14.5 Å². The molecule has 1 atom stereocenters. The van der Waals surface area contributed by atoms with Gasteiger partial charge in [-0.25, -0.2) is 8.78 Å². The molecule has 0 saturated heterocycles. The molecule has 0 radical (unpaired) electrons. The first-order valence-electron chi connectivity index (χ1n) is 13.1. The van der Waals surface area contributed by atoms with Gasteiger partial charge >= 0.3 is 0 Å². The molecule has 0 fully saturated rings. The van der Waals surface area contributed by atoms with Crippen molar-refractivity contribution in [1.82, 2.24) is 30.5 Å². The number of aromatic nitrogens is 5. The minimum atomic E-state index is -1.08. The number of nitrogens with zero attached hydrogens (tertiary/aromatic N) is 6. The highest BCUT2D eigenvalue weighted by molar-refractivity contribution is 6.01. The minimum Gasteiger partial charge on any atom is -0.350 e. The fourth-order valence-electron chi connectivity index (χ4n) is 4.47. The number of nitrogens with one attached hydrogen (secondary N) is 1. The van der Waals surface area contributed by atoms with Gasteiger partial charge < -0.3 is 5.32 Å². The summed E-state index contributed by atoms with van der Waals surface area (Å²) in [6.07, 6.45) is 3.10. The molecule has 3 aromatic carbocycles. The molecule has 0 aliphatic carbocycles. The summed E-state index contributed by atoms with van der Waals surface area (Å²) < 4.78 is 26.8. The molecule has 0 aliphatic rings. The summed E-state index contributed by atoms with van der Waals surface area (Å²) >= 11 is 0. The first kappa shape index (κ1) is 28.2. The van der Waals surface area contributed by atoms with Gasteiger partial charge in [0.05, 0.1) is 0 Å². The highest BCUT2D eigenvalue weighted by atomic mass is 19.1. The van der Waals surface area contributed by atoms with E-state index < -0.39 is 23.7 Å². The molecule has 11 heteroatoms. The molecule has 42 heavy (non-hydrogen) atoms. The van der Waals surface area contributed by atoms with Crippen molar-refractivity contribution in [2.24, 2.45) is 0 Å². The van der Waals surface area contributed by atoms with E-state index in [4.69, 9.17) is 0 Å². The second-order valence-corrected chi connectivity index (χ2v) is 9.73. The van der Waals surface area contributed by atoms with E-state index in [1.54, 1.807) is 36.7 Å². The number of carbonyl (C=O) groups is 2. The first-order valence-corrected chi connectivity index (χ1v) is 13.1. The Balaban J connectivity index is 1.50. The van der Waals surface area contributed by atoms with Crippen LogP contribution >= 0.6 is 0 Å². The number of halogens is 2. The summed E-state index contributed by atoms with van der Waals surface area (Å²) in [5, 5.41) is 15.2. The normalized spacial score (nSPS) is 11.6. The number of benzene rings is 3. The fraction of sp³-hybridized carbons (Fsp3) is 0.161. The Labute approximate surface area is 240 Å². The minimum absolute atomic E-state index is 0.126. The van der Waals surface area contributed by atoms with E-state index in [0.29, 0.717) is 22.4 Å². The van der Waals surface area contributed by atoms with Gasteiger partial charge in [-0.3, -0.25) is 19.5 Å². The van der Waals surface area contributed by atoms with E-state index in [2.05, 4.69) is 25.7 Å². The molecule has 9 nitrogen and oxygen atoms in total. The molecule has 0 saturated carbocycles. The lowest BCUT2D eigenvalue weighted by molar-refractivity contribution is -0.127. The fourth-order valence-corrected chi connectivity index (χ4v) is 4.47. The zero-order valence-electron chi connectivity index (χ0n) is 22.9. The molecule has 1 N–H and O–H groups in total. The summed E-state index contributed by atoms with van der Waals surface area (Å²) in [7, 11) is 0. The highest BCUT2D eigenvalue weighted by Crippen LogP contribution is 2.31. The third-order valence-corrected chi connectivity index (χ3v) is 6.63. The molecule has 0 unspecified atom stereocenters. The summed E-state index contributed by atoms with van der Waals surface area (Å²) in [6.45, 7) is 3.56. The number of rotatable bonds is 9. The van der Waals surface area contributed by atoms with Gasteiger partial charge in [-0.05, 0) is 95.9 Å². The number of hydrogen-bond acceptors (Lipinski definition) is 6. The molecular weight excluding hydrogens is 540 g/mol. The van der Waals surface area contributed by atoms with Crippen LogP contribution in [0.1, 0.15) is 28.3 Å². The maximum absolute atomic E-state index is 14.1. The van der Waals surface area contributed by atoms with Crippen LogP contribution in [-0.4, -0.2) is 37.0 Å². The van der Waals surface area contributed by atoms with Crippen molar-refractivity contribution in [2.75, 3.05) is 4.90 Å². The molecule has 2 amide bonds. The number of carbonyl (C=O) groups excluding carboxylic acids is 2. The lowest BCUT2D eigenvalue weighted by atomic mass is 10.0. The molecule has 5 aromatic rings. The molecule has 2 aromatic heterocycles. The van der Waals surface area contributed by atoms with Gasteiger partial charge in [0.1, 0.15) is 24.2 Å². The van der Waals surface area contributed by atoms with Gasteiger partial charge in [-0.2, -0.15) is 4.80 Å². The predicted octanol–water partition coefficient (Wildman–Crippen LogP) is 4.72. The third-order valence-electron chi connectivity index (χ3n) is 6.63. The summed E-state index contributed by atoms with van der Waals surface area (Å²) in [5.74, 6) is -1.46. The van der Waals surface area contributed by atoms with Crippen molar-refractivity contribution in [1.29, 1.82) is 0 Å². The SMILES string of the molecule is Cc1ccc(C)c(N(C(=O)Cn2nnc(-c3ccc(F)cc3)n2)[C@@H](C(=O)NCc2ccc(F)cc2)c2ccncc2)c1. The average molecular weight is 568 g/mol. The van der Waals surface area contributed by atoms with Gasteiger partial charge in [0.15, 0.2) is 0 Å². The van der Waals surface area contributed by atoms with Crippen LogP contribution in [0.5, 0.6) is 0 Å². The van der Waals surface area contributed by atoms with E-state index in [1.165, 1.54) is 41.3 Å². The van der Waals surface area contributed by atoms with Crippen molar-refractivity contribution in [2.45, 2.75) is 33.0 Å². The van der Waals surface area contributed by atoms with Gasteiger partial charge in [-0.15, -0.1) is 10.2 Å². The Hall–Kier alpha value is -5.32. The molecule has 2 heterocycles. The smallest absolute Gasteiger partial charge is 0.251 e. The van der Waals surface area contributed by atoms with E-state index in [1.807, 2.05) is 32.0 Å². The molecule has 0 aliphatic heterocycles. The predicted molar refractivity (Wildman–Crippen MR) is 152 cm³/mol. The highest BCUT2D eigenvalue weighted by Gasteiger charge is 2.34. The Morgan fingerprint density at radius 1 is 0.905 bits per heavy atom. The summed E-state index contributed by atoms with van der Waals surface area (Å²) in [5.41, 5.74) is 3.98. The van der Waals surface area contributed by atoms with Crippen LogP contribution in [0.3, 0.4) is 0 Å². The van der Waals surface area contributed by atoms with Crippen molar-refractivity contribution >= 4 is 17.5 Å². The van der Waals surface area contributed by atoms with Crippen molar-refractivity contribution < 1.29 is 18.4 Å². The quantitative estimate of drug-likeness (QED) is 0.276. The Morgan fingerprint density at radius 3 is 2.26 bits per heavy atom. The van der Waals surface area contributed by atoms with Crippen LogP contribution in [0.25, 0.3) is 11.4 Å². The molecule has 0 bridgehead atoms. The van der Waals surface area contributed by atoms with Crippen molar-refractivity contribution in [3.8, 4) is 11.4 Å². The van der Waals surface area contributed by atoms with Crippen LogP contribution in [0.15, 0.2) is 91.3 Å². The topological polar surface area (TPSA) is 106 Å². The maximum Gasteiger partial charge on any atom is 0.251 e. The van der Waals surface area contributed by atoms with E-state index >= 15 is 0 Å². The summed E-state index contributed by atoms with van der Waals surface area (Å²) in [4.78, 5) is 34.6. The molecule has 212 valence electrons.